The van der Waals surface area contributed by atoms with E-state index in [-0.39, 0.29) is 29.4 Å². The van der Waals surface area contributed by atoms with E-state index in [1.807, 2.05) is 0 Å². The molecule has 0 spiro atoms. The Balaban J connectivity index is 2.24. The zero-order valence-corrected chi connectivity index (χ0v) is 11.3. The van der Waals surface area contributed by atoms with Crippen LogP contribution in [0.5, 0.6) is 0 Å². The van der Waals surface area contributed by atoms with E-state index in [0.717, 1.165) is 24.8 Å². The number of anilines is 1. The van der Waals surface area contributed by atoms with Gasteiger partial charge in [-0.3, -0.25) is 14.9 Å². The first-order valence-electron chi connectivity index (χ1n) is 6.66. The van der Waals surface area contributed by atoms with Gasteiger partial charge in [0.15, 0.2) is 0 Å². The van der Waals surface area contributed by atoms with Crippen LogP contribution in [-0.4, -0.2) is 21.9 Å². The molecular weight excluding hydrogens is 260 g/mol. The first-order chi connectivity index (χ1) is 9.49. The molecule has 0 radical (unpaired) electrons. The normalized spacial score (nSPS) is 22.2. The number of rotatable bonds is 4. The quantitative estimate of drug-likeness (QED) is 0.643. The fourth-order valence-electron chi connectivity index (χ4n) is 2.62. The lowest BCUT2D eigenvalue weighted by molar-refractivity contribution is -0.384. The smallest absolute Gasteiger partial charge is 0.311 e. The molecule has 1 aliphatic carbocycles. The number of amides is 1. The van der Waals surface area contributed by atoms with Crippen molar-refractivity contribution in [1.29, 1.82) is 0 Å². The number of pyridine rings is 1. The van der Waals surface area contributed by atoms with E-state index in [1.54, 1.807) is 13.1 Å². The summed E-state index contributed by atoms with van der Waals surface area (Å²) in [7, 11) is 0. The highest BCUT2D eigenvalue weighted by Crippen LogP contribution is 2.30. The van der Waals surface area contributed by atoms with Crippen molar-refractivity contribution < 1.29 is 9.72 Å². The van der Waals surface area contributed by atoms with Crippen LogP contribution in [0.1, 0.15) is 31.2 Å². The highest BCUT2D eigenvalue weighted by Gasteiger charge is 2.31. The Morgan fingerprint density at radius 2 is 2.20 bits per heavy atom. The average molecular weight is 278 g/mol. The fraction of sp³-hybridized carbons (Fsp3) is 0.538. The molecule has 3 N–H and O–H groups in total. The first kappa shape index (κ1) is 14.2. The van der Waals surface area contributed by atoms with Crippen molar-refractivity contribution >= 4 is 17.4 Å². The van der Waals surface area contributed by atoms with Crippen molar-refractivity contribution in [3.05, 3.63) is 27.9 Å². The van der Waals surface area contributed by atoms with Crippen molar-refractivity contribution in [2.75, 3.05) is 5.32 Å². The van der Waals surface area contributed by atoms with Gasteiger partial charge in [-0.25, -0.2) is 4.98 Å². The number of hydrogen-bond donors (Lipinski definition) is 2. The highest BCUT2D eigenvalue weighted by atomic mass is 16.6. The zero-order chi connectivity index (χ0) is 14.7. The Morgan fingerprint density at radius 1 is 1.50 bits per heavy atom. The minimum Gasteiger partial charge on any atom is -0.369 e. The van der Waals surface area contributed by atoms with Gasteiger partial charge in [0.05, 0.1) is 10.8 Å². The molecule has 7 nitrogen and oxygen atoms in total. The molecule has 1 fully saturated rings. The van der Waals surface area contributed by atoms with Gasteiger partial charge >= 0.3 is 5.69 Å². The molecule has 1 amide bonds. The SMILES string of the molecule is Cc1cnc(N[C@H]2CCCC[C@@H]2C(N)=O)c([N+](=O)[O-])c1. The minimum absolute atomic E-state index is 0.0706. The van der Waals surface area contributed by atoms with Gasteiger partial charge in [0.25, 0.3) is 0 Å². The van der Waals surface area contributed by atoms with Gasteiger partial charge in [-0.2, -0.15) is 0 Å². The zero-order valence-electron chi connectivity index (χ0n) is 11.3. The molecule has 108 valence electrons. The molecule has 1 aromatic heterocycles. The molecule has 0 unspecified atom stereocenters. The monoisotopic (exact) mass is 278 g/mol. The minimum atomic E-state index is -0.468. The van der Waals surface area contributed by atoms with E-state index < -0.39 is 4.92 Å². The number of aromatic nitrogens is 1. The highest BCUT2D eigenvalue weighted by molar-refractivity contribution is 5.78. The Kier molecular flexibility index (Phi) is 4.16. The maximum absolute atomic E-state index is 11.5. The lowest BCUT2D eigenvalue weighted by Gasteiger charge is -2.30. The van der Waals surface area contributed by atoms with Gasteiger partial charge in [-0.15, -0.1) is 0 Å². The van der Waals surface area contributed by atoms with Crippen LogP contribution in [0.15, 0.2) is 12.3 Å². The molecular formula is C13H18N4O3. The second-order valence-corrected chi connectivity index (χ2v) is 5.18. The van der Waals surface area contributed by atoms with Crippen LogP contribution in [0.3, 0.4) is 0 Å². The first-order valence-corrected chi connectivity index (χ1v) is 6.66. The summed E-state index contributed by atoms with van der Waals surface area (Å²) in [5, 5.41) is 14.1. The number of nitrogens with two attached hydrogens (primary N) is 1. The van der Waals surface area contributed by atoms with Crippen LogP contribution in [0.25, 0.3) is 0 Å². The third kappa shape index (κ3) is 3.04. The average Bonchev–Trinajstić information content (AvgIpc) is 2.41. The van der Waals surface area contributed by atoms with E-state index in [4.69, 9.17) is 5.73 Å². The maximum Gasteiger partial charge on any atom is 0.311 e. The van der Waals surface area contributed by atoms with Crippen molar-refractivity contribution in [3.8, 4) is 0 Å². The molecule has 7 heteroatoms. The summed E-state index contributed by atoms with van der Waals surface area (Å²) in [4.78, 5) is 26.1. The molecule has 1 aromatic rings. The molecule has 0 saturated heterocycles. The van der Waals surface area contributed by atoms with Gasteiger partial charge in [-0.05, 0) is 25.3 Å². The summed E-state index contributed by atoms with van der Waals surface area (Å²) < 4.78 is 0. The van der Waals surface area contributed by atoms with Crippen molar-refractivity contribution in [2.24, 2.45) is 11.7 Å². The summed E-state index contributed by atoms with van der Waals surface area (Å²) in [5.74, 6) is -0.456. The summed E-state index contributed by atoms with van der Waals surface area (Å²) in [6.45, 7) is 1.75. The maximum atomic E-state index is 11.5. The number of aryl methyl sites for hydroxylation is 1. The van der Waals surface area contributed by atoms with Gasteiger partial charge in [0.2, 0.25) is 11.7 Å². The van der Waals surface area contributed by atoms with E-state index in [1.165, 1.54) is 6.07 Å². The van der Waals surface area contributed by atoms with E-state index in [0.29, 0.717) is 6.42 Å². The van der Waals surface area contributed by atoms with Crippen LogP contribution < -0.4 is 11.1 Å². The predicted octanol–water partition coefficient (Wildman–Crippen LogP) is 1.75. The van der Waals surface area contributed by atoms with Gasteiger partial charge in [0.1, 0.15) is 0 Å². The Bertz CT molecular complexity index is 532. The largest absolute Gasteiger partial charge is 0.369 e. The van der Waals surface area contributed by atoms with Crippen LogP contribution in [0.2, 0.25) is 0 Å². The van der Waals surface area contributed by atoms with Gasteiger partial charge < -0.3 is 11.1 Å². The number of carbonyl (C=O) groups excluding carboxylic acids is 1. The molecule has 1 heterocycles. The summed E-state index contributed by atoms with van der Waals surface area (Å²) in [6.07, 6.45) is 4.97. The van der Waals surface area contributed by atoms with E-state index in [2.05, 4.69) is 10.3 Å². The topological polar surface area (TPSA) is 111 Å². The molecule has 2 rings (SSSR count). The number of hydrogen-bond acceptors (Lipinski definition) is 5. The van der Waals surface area contributed by atoms with E-state index >= 15 is 0 Å². The molecule has 0 aliphatic heterocycles. The summed E-state index contributed by atoms with van der Waals surface area (Å²) in [5.41, 5.74) is 6.05. The molecule has 2 atom stereocenters. The summed E-state index contributed by atoms with van der Waals surface area (Å²) in [6, 6.07) is 1.28. The number of primary amides is 1. The number of nitrogens with zero attached hydrogens (tertiary/aromatic N) is 2. The summed E-state index contributed by atoms with van der Waals surface area (Å²) >= 11 is 0. The third-order valence-electron chi connectivity index (χ3n) is 3.65. The fourth-order valence-corrected chi connectivity index (χ4v) is 2.62. The molecule has 1 aliphatic rings. The van der Waals surface area contributed by atoms with Crippen molar-refractivity contribution in [2.45, 2.75) is 38.6 Å². The second kappa shape index (κ2) is 5.85. The van der Waals surface area contributed by atoms with Gasteiger partial charge in [0, 0.05) is 18.3 Å². The van der Waals surface area contributed by atoms with E-state index in [9.17, 15) is 14.9 Å². The standard InChI is InChI=1S/C13H18N4O3/c1-8-6-11(17(19)20)13(15-7-8)16-10-5-3-2-4-9(10)12(14)18/h6-7,9-10H,2-5H2,1H3,(H2,14,18)(H,15,16)/t9-,10-/m0/s1. The Hall–Kier alpha value is -2.18. The van der Waals surface area contributed by atoms with Gasteiger partial charge in [-0.1, -0.05) is 12.8 Å². The Labute approximate surface area is 116 Å². The molecule has 1 saturated carbocycles. The van der Waals surface area contributed by atoms with Crippen molar-refractivity contribution in [1.82, 2.24) is 4.98 Å². The van der Waals surface area contributed by atoms with Crippen molar-refractivity contribution in [3.63, 3.8) is 0 Å². The molecule has 0 aromatic carbocycles. The predicted molar refractivity (Wildman–Crippen MR) is 74.2 cm³/mol. The lowest BCUT2D eigenvalue weighted by atomic mass is 9.84. The van der Waals surface area contributed by atoms with Crippen LogP contribution in [-0.2, 0) is 4.79 Å². The number of carbonyl (C=O) groups is 1. The third-order valence-corrected chi connectivity index (χ3v) is 3.65. The Morgan fingerprint density at radius 3 is 2.85 bits per heavy atom. The number of nitrogens with one attached hydrogen (secondary N) is 1. The molecule has 20 heavy (non-hydrogen) atoms. The van der Waals surface area contributed by atoms with Crippen LogP contribution >= 0.6 is 0 Å². The lowest BCUT2D eigenvalue weighted by Crippen LogP contribution is -2.40. The van der Waals surface area contributed by atoms with Crippen LogP contribution in [0, 0.1) is 23.0 Å². The second-order valence-electron chi connectivity index (χ2n) is 5.18. The number of nitro groups is 1. The molecule has 0 bridgehead atoms. The van der Waals surface area contributed by atoms with Crippen LogP contribution in [0.4, 0.5) is 11.5 Å².